The molecule has 2 aliphatic rings. The molecule has 1 fully saturated rings. The molecule has 1 aliphatic heterocycles. The molecule has 0 aromatic heterocycles. The van der Waals surface area contributed by atoms with Crippen molar-refractivity contribution in [3.63, 3.8) is 0 Å². The monoisotopic (exact) mass is 422 g/mol. The third kappa shape index (κ3) is 6.17. The fourth-order valence-corrected chi connectivity index (χ4v) is 4.75. The first-order valence-corrected chi connectivity index (χ1v) is 11.1. The highest BCUT2D eigenvalue weighted by molar-refractivity contribution is 5.66. The molecule has 4 N–H and O–H groups in total. The van der Waals surface area contributed by atoms with Gasteiger partial charge in [0.15, 0.2) is 0 Å². The quantitative estimate of drug-likeness (QED) is 0.405. The van der Waals surface area contributed by atoms with Gasteiger partial charge in [-0.2, -0.15) is 0 Å². The van der Waals surface area contributed by atoms with E-state index in [0.29, 0.717) is 32.3 Å². The molecule has 0 amide bonds. The number of carbonyl (C=O) groups is 1. The van der Waals surface area contributed by atoms with Gasteiger partial charge in [0.25, 0.3) is 0 Å². The van der Waals surface area contributed by atoms with Crippen LogP contribution in [0.5, 0.6) is 5.75 Å². The normalized spacial score (nSPS) is 29.2. The lowest BCUT2D eigenvalue weighted by molar-refractivity contribution is -0.168. The van der Waals surface area contributed by atoms with E-state index in [1.807, 2.05) is 24.3 Å². The standard InChI is InChI=1S/C23H34O7/c24-18(23-29-14-15-7-5-6-9-21(15)30-23)12-11-17-16(19(25)13-20(17)26)8-3-1-2-4-10-22(27)28/h5-7,9,16-20,23-26H,1-4,8,10-14H2,(H,27,28)/t16-,17-,18-,19+,20-,23-/m1/s1. The maximum atomic E-state index is 10.6. The van der Waals surface area contributed by atoms with Gasteiger partial charge in [0.2, 0.25) is 6.29 Å². The highest BCUT2D eigenvalue weighted by Crippen LogP contribution is 2.39. The molecule has 7 nitrogen and oxygen atoms in total. The summed E-state index contributed by atoms with van der Waals surface area (Å²) in [7, 11) is 0. The van der Waals surface area contributed by atoms with E-state index in [2.05, 4.69) is 0 Å². The van der Waals surface area contributed by atoms with Gasteiger partial charge in [-0.25, -0.2) is 0 Å². The number of fused-ring (bicyclic) bond motifs is 1. The summed E-state index contributed by atoms with van der Waals surface area (Å²) in [5.41, 5.74) is 0.957. The number of benzene rings is 1. The number of aliphatic hydroxyl groups is 3. The molecule has 7 heteroatoms. The Balaban J connectivity index is 1.43. The van der Waals surface area contributed by atoms with Crippen LogP contribution in [0.15, 0.2) is 24.3 Å². The molecular weight excluding hydrogens is 388 g/mol. The Bertz CT molecular complexity index is 679. The van der Waals surface area contributed by atoms with E-state index in [1.165, 1.54) is 0 Å². The van der Waals surface area contributed by atoms with Crippen LogP contribution in [0.1, 0.15) is 63.4 Å². The first-order chi connectivity index (χ1) is 14.5. The predicted octanol–water partition coefficient (Wildman–Crippen LogP) is 2.85. The first kappa shape index (κ1) is 23.0. The number of unbranched alkanes of at least 4 members (excludes halogenated alkanes) is 3. The van der Waals surface area contributed by atoms with Crippen molar-refractivity contribution in [2.45, 2.75) is 89.0 Å². The summed E-state index contributed by atoms with van der Waals surface area (Å²) in [4.78, 5) is 10.6. The second-order valence-corrected chi connectivity index (χ2v) is 8.59. The summed E-state index contributed by atoms with van der Waals surface area (Å²) >= 11 is 0. The van der Waals surface area contributed by atoms with Crippen molar-refractivity contribution in [2.24, 2.45) is 11.8 Å². The number of carboxylic acids is 1. The van der Waals surface area contributed by atoms with Crippen LogP contribution in [-0.2, 0) is 16.1 Å². The van der Waals surface area contributed by atoms with E-state index in [1.54, 1.807) is 0 Å². The minimum absolute atomic E-state index is 0.000548. The van der Waals surface area contributed by atoms with Crippen molar-refractivity contribution in [3.8, 4) is 5.75 Å². The smallest absolute Gasteiger partial charge is 0.303 e. The molecule has 0 unspecified atom stereocenters. The van der Waals surface area contributed by atoms with Crippen molar-refractivity contribution in [2.75, 3.05) is 0 Å². The molecule has 0 bridgehead atoms. The van der Waals surface area contributed by atoms with Gasteiger partial charge < -0.3 is 29.9 Å². The zero-order valence-corrected chi connectivity index (χ0v) is 17.4. The molecular formula is C23H34O7. The third-order valence-electron chi connectivity index (χ3n) is 6.43. The lowest BCUT2D eigenvalue weighted by Crippen LogP contribution is -2.37. The van der Waals surface area contributed by atoms with Crippen molar-refractivity contribution < 1.29 is 34.7 Å². The van der Waals surface area contributed by atoms with Crippen molar-refractivity contribution in [3.05, 3.63) is 29.8 Å². The van der Waals surface area contributed by atoms with Crippen molar-refractivity contribution in [1.82, 2.24) is 0 Å². The summed E-state index contributed by atoms with van der Waals surface area (Å²) in [6.45, 7) is 0.396. The molecule has 3 rings (SSSR count). The Labute approximate surface area is 177 Å². The Morgan fingerprint density at radius 2 is 1.73 bits per heavy atom. The predicted molar refractivity (Wildman–Crippen MR) is 110 cm³/mol. The number of carboxylic acid groups (broad SMARTS) is 1. The summed E-state index contributed by atoms with van der Waals surface area (Å²) in [6.07, 6.45) is 3.10. The average molecular weight is 423 g/mol. The number of aliphatic carboxylic acids is 1. The van der Waals surface area contributed by atoms with Gasteiger partial charge in [0.05, 0.1) is 18.8 Å². The molecule has 0 radical (unpaired) electrons. The number of para-hydroxylation sites is 1. The fourth-order valence-electron chi connectivity index (χ4n) is 4.75. The Kier molecular flexibility index (Phi) is 8.50. The molecule has 1 heterocycles. The molecule has 6 atom stereocenters. The lowest BCUT2D eigenvalue weighted by Gasteiger charge is -2.31. The number of aliphatic hydroxyl groups excluding tert-OH is 3. The highest BCUT2D eigenvalue weighted by Gasteiger charge is 2.41. The molecule has 1 aliphatic carbocycles. The maximum Gasteiger partial charge on any atom is 0.303 e. The Morgan fingerprint density at radius 3 is 2.50 bits per heavy atom. The van der Waals surface area contributed by atoms with E-state index in [4.69, 9.17) is 14.6 Å². The highest BCUT2D eigenvalue weighted by atomic mass is 16.7. The van der Waals surface area contributed by atoms with Crippen LogP contribution < -0.4 is 4.74 Å². The van der Waals surface area contributed by atoms with Crippen LogP contribution in [0.4, 0.5) is 0 Å². The zero-order chi connectivity index (χ0) is 21.5. The zero-order valence-electron chi connectivity index (χ0n) is 17.4. The van der Waals surface area contributed by atoms with Crippen molar-refractivity contribution >= 4 is 5.97 Å². The number of ether oxygens (including phenoxy) is 2. The van der Waals surface area contributed by atoms with Gasteiger partial charge in [-0.3, -0.25) is 4.79 Å². The minimum atomic E-state index is -0.806. The third-order valence-corrected chi connectivity index (χ3v) is 6.43. The van der Waals surface area contributed by atoms with Gasteiger partial charge in [-0.15, -0.1) is 0 Å². The number of hydrogen-bond acceptors (Lipinski definition) is 6. The molecule has 168 valence electrons. The topological polar surface area (TPSA) is 116 Å². The second kappa shape index (κ2) is 11.1. The largest absolute Gasteiger partial charge is 0.481 e. The van der Waals surface area contributed by atoms with Crippen LogP contribution in [0.2, 0.25) is 0 Å². The molecule has 0 spiro atoms. The van der Waals surface area contributed by atoms with E-state index < -0.39 is 30.6 Å². The van der Waals surface area contributed by atoms with Crippen LogP contribution >= 0.6 is 0 Å². The Hall–Kier alpha value is -1.67. The van der Waals surface area contributed by atoms with E-state index in [9.17, 15) is 20.1 Å². The van der Waals surface area contributed by atoms with Gasteiger partial charge >= 0.3 is 5.97 Å². The summed E-state index contributed by atoms with van der Waals surface area (Å²) in [5, 5.41) is 40.1. The van der Waals surface area contributed by atoms with Gasteiger partial charge in [-0.05, 0) is 50.0 Å². The van der Waals surface area contributed by atoms with E-state index in [0.717, 1.165) is 37.0 Å². The van der Waals surface area contributed by atoms with Gasteiger partial charge in [0, 0.05) is 12.0 Å². The van der Waals surface area contributed by atoms with Crippen LogP contribution in [0.3, 0.4) is 0 Å². The summed E-state index contributed by atoms with van der Waals surface area (Å²) in [5.74, 6) is -0.104. The minimum Gasteiger partial charge on any atom is -0.481 e. The van der Waals surface area contributed by atoms with Crippen LogP contribution in [0, 0.1) is 11.8 Å². The number of rotatable bonds is 11. The molecule has 1 aromatic carbocycles. The SMILES string of the molecule is O=C(O)CCCCCC[C@@H]1[C@@H](CC[C@@H](O)[C@@H]2OCc3ccccc3O2)[C@H](O)C[C@@H]1O. The lowest BCUT2D eigenvalue weighted by atomic mass is 9.84. The summed E-state index contributed by atoms with van der Waals surface area (Å²) in [6, 6.07) is 7.60. The average Bonchev–Trinajstić information content (AvgIpc) is 3.00. The molecule has 30 heavy (non-hydrogen) atoms. The fraction of sp³-hybridized carbons (Fsp3) is 0.696. The molecule has 1 saturated carbocycles. The molecule has 1 aromatic rings. The second-order valence-electron chi connectivity index (χ2n) is 8.59. The summed E-state index contributed by atoms with van der Waals surface area (Å²) < 4.78 is 11.4. The van der Waals surface area contributed by atoms with Gasteiger partial charge in [-0.1, -0.05) is 37.5 Å². The van der Waals surface area contributed by atoms with Gasteiger partial charge in [0.1, 0.15) is 11.9 Å². The Morgan fingerprint density at radius 1 is 1.03 bits per heavy atom. The van der Waals surface area contributed by atoms with E-state index >= 15 is 0 Å². The van der Waals surface area contributed by atoms with E-state index in [-0.39, 0.29) is 18.3 Å². The molecule has 0 saturated heterocycles. The van der Waals surface area contributed by atoms with Crippen LogP contribution in [-0.4, -0.2) is 51.0 Å². The number of hydrogen-bond donors (Lipinski definition) is 4. The maximum absolute atomic E-state index is 10.6. The van der Waals surface area contributed by atoms with Crippen molar-refractivity contribution in [1.29, 1.82) is 0 Å². The first-order valence-electron chi connectivity index (χ1n) is 11.1. The van der Waals surface area contributed by atoms with Crippen LogP contribution in [0.25, 0.3) is 0 Å².